The molecule has 130 valence electrons. The molecule has 2 heterocycles. The minimum atomic E-state index is -0.922. The second-order valence-electron chi connectivity index (χ2n) is 6.75. The third-order valence-corrected chi connectivity index (χ3v) is 5.26. The summed E-state index contributed by atoms with van der Waals surface area (Å²) in [5.41, 5.74) is 1.29. The van der Waals surface area contributed by atoms with Crippen LogP contribution in [-0.4, -0.2) is 47.7 Å². The number of hydrogen-bond donors (Lipinski definition) is 1. The number of aromatic carboxylic acids is 1. The smallest absolute Gasteiger partial charge is 0.335 e. The number of aryl methyl sites for hydroxylation is 1. The topological polar surface area (TPSA) is 66.8 Å². The summed E-state index contributed by atoms with van der Waals surface area (Å²) < 4.78 is 5.44. The van der Waals surface area contributed by atoms with Crippen molar-refractivity contribution in [3.8, 4) is 0 Å². The Balaban J connectivity index is 1.54. The molecule has 5 heteroatoms. The Kier molecular flexibility index (Phi) is 5.51. The monoisotopic (exact) mass is 331 g/mol. The second-order valence-corrected chi connectivity index (χ2v) is 6.75. The van der Waals surface area contributed by atoms with E-state index < -0.39 is 5.97 Å². The van der Waals surface area contributed by atoms with E-state index in [2.05, 4.69) is 4.90 Å². The van der Waals surface area contributed by atoms with Crippen LogP contribution in [0.25, 0.3) is 0 Å². The number of hydrogen-bond acceptors (Lipinski definition) is 3. The fourth-order valence-electron chi connectivity index (χ4n) is 3.90. The van der Waals surface area contributed by atoms with Gasteiger partial charge in [0, 0.05) is 32.2 Å². The summed E-state index contributed by atoms with van der Waals surface area (Å²) >= 11 is 0. The van der Waals surface area contributed by atoms with Crippen molar-refractivity contribution >= 4 is 11.9 Å². The predicted octanol–water partition coefficient (Wildman–Crippen LogP) is 2.74. The van der Waals surface area contributed by atoms with Gasteiger partial charge in [-0.3, -0.25) is 4.79 Å². The van der Waals surface area contributed by atoms with Crippen molar-refractivity contribution in [3.05, 3.63) is 35.4 Å². The second kappa shape index (κ2) is 7.79. The van der Waals surface area contributed by atoms with Gasteiger partial charge in [-0.1, -0.05) is 12.1 Å². The molecular formula is C19H25NO4. The lowest BCUT2D eigenvalue weighted by Gasteiger charge is -2.34. The van der Waals surface area contributed by atoms with Crippen LogP contribution in [0, 0.1) is 5.92 Å². The van der Waals surface area contributed by atoms with Crippen molar-refractivity contribution in [2.45, 2.75) is 44.6 Å². The van der Waals surface area contributed by atoms with E-state index in [0.717, 1.165) is 51.0 Å². The lowest BCUT2D eigenvalue weighted by Crippen LogP contribution is -2.42. The number of carboxylic acid groups (broad SMARTS) is 1. The van der Waals surface area contributed by atoms with E-state index in [1.807, 2.05) is 0 Å². The summed E-state index contributed by atoms with van der Waals surface area (Å²) in [5.74, 6) is -0.111. The van der Waals surface area contributed by atoms with Crippen molar-refractivity contribution in [2.75, 3.05) is 19.8 Å². The number of carboxylic acids is 1. The molecule has 1 aromatic rings. The molecule has 1 amide bonds. The first kappa shape index (κ1) is 17.0. The first-order valence-corrected chi connectivity index (χ1v) is 8.84. The minimum absolute atomic E-state index is 0.228. The Morgan fingerprint density at radius 2 is 1.83 bits per heavy atom. The molecule has 0 aliphatic carbocycles. The number of amides is 1. The molecular weight excluding hydrogens is 306 g/mol. The maximum Gasteiger partial charge on any atom is 0.335 e. The van der Waals surface area contributed by atoms with Crippen molar-refractivity contribution < 1.29 is 19.4 Å². The van der Waals surface area contributed by atoms with Gasteiger partial charge in [-0.2, -0.15) is 0 Å². The molecule has 3 rings (SSSR count). The Labute approximate surface area is 142 Å². The van der Waals surface area contributed by atoms with E-state index >= 15 is 0 Å². The molecule has 2 aliphatic heterocycles. The summed E-state index contributed by atoms with van der Waals surface area (Å²) in [6.07, 6.45) is 5.49. The molecule has 2 saturated heterocycles. The number of rotatable bonds is 5. The number of benzene rings is 1. The van der Waals surface area contributed by atoms with Crippen molar-refractivity contribution in [2.24, 2.45) is 5.92 Å². The molecule has 0 radical (unpaired) electrons. The molecule has 1 aromatic carbocycles. The Bertz CT molecular complexity index is 578. The van der Waals surface area contributed by atoms with Gasteiger partial charge in [0.05, 0.1) is 5.56 Å². The normalized spacial score (nSPS) is 21.8. The van der Waals surface area contributed by atoms with Crippen LogP contribution >= 0.6 is 0 Å². The number of likely N-dealkylation sites (tertiary alicyclic amines) is 1. The summed E-state index contributed by atoms with van der Waals surface area (Å²) in [6, 6.07) is 7.19. The highest BCUT2D eigenvalue weighted by molar-refractivity contribution is 5.87. The minimum Gasteiger partial charge on any atom is -0.478 e. The van der Waals surface area contributed by atoms with Crippen LogP contribution in [0.3, 0.4) is 0 Å². The average Bonchev–Trinajstić information content (AvgIpc) is 3.10. The van der Waals surface area contributed by atoms with Crippen molar-refractivity contribution in [3.63, 3.8) is 0 Å². The van der Waals surface area contributed by atoms with Crippen LogP contribution in [0.4, 0.5) is 0 Å². The van der Waals surface area contributed by atoms with E-state index in [1.54, 1.807) is 24.3 Å². The molecule has 1 unspecified atom stereocenters. The zero-order chi connectivity index (χ0) is 16.9. The van der Waals surface area contributed by atoms with Gasteiger partial charge in [0.2, 0.25) is 5.91 Å². The van der Waals surface area contributed by atoms with Gasteiger partial charge in [0.15, 0.2) is 0 Å². The Morgan fingerprint density at radius 1 is 1.12 bits per heavy atom. The highest BCUT2D eigenvalue weighted by Gasteiger charge is 2.34. The lowest BCUT2D eigenvalue weighted by molar-refractivity contribution is -0.133. The highest BCUT2D eigenvalue weighted by atomic mass is 16.5. The maximum absolute atomic E-state index is 12.6. The van der Waals surface area contributed by atoms with Gasteiger partial charge in [0.25, 0.3) is 0 Å². The lowest BCUT2D eigenvalue weighted by atomic mass is 9.90. The first-order chi connectivity index (χ1) is 11.6. The largest absolute Gasteiger partial charge is 0.478 e. The van der Waals surface area contributed by atoms with E-state index in [1.165, 1.54) is 0 Å². The molecule has 0 aromatic heterocycles. The number of carbonyl (C=O) groups is 2. The summed E-state index contributed by atoms with van der Waals surface area (Å²) in [4.78, 5) is 25.6. The fraction of sp³-hybridized carbons (Fsp3) is 0.579. The molecule has 0 saturated carbocycles. The van der Waals surface area contributed by atoms with Crippen molar-refractivity contribution in [1.82, 2.24) is 4.90 Å². The zero-order valence-electron chi connectivity index (χ0n) is 13.9. The van der Waals surface area contributed by atoms with E-state index in [0.29, 0.717) is 24.8 Å². The van der Waals surface area contributed by atoms with Crippen molar-refractivity contribution in [1.29, 1.82) is 0 Å². The van der Waals surface area contributed by atoms with Gasteiger partial charge >= 0.3 is 5.97 Å². The van der Waals surface area contributed by atoms with Crippen LogP contribution in [0.5, 0.6) is 0 Å². The third-order valence-electron chi connectivity index (χ3n) is 5.26. The Morgan fingerprint density at radius 3 is 2.50 bits per heavy atom. The fourth-order valence-corrected chi connectivity index (χ4v) is 3.90. The molecule has 0 spiro atoms. The highest BCUT2D eigenvalue weighted by Crippen LogP contribution is 2.31. The predicted molar refractivity (Wildman–Crippen MR) is 90.0 cm³/mol. The molecule has 1 atom stereocenters. The van der Waals surface area contributed by atoms with Gasteiger partial charge in [-0.25, -0.2) is 4.79 Å². The molecule has 2 fully saturated rings. The Hall–Kier alpha value is -1.88. The quantitative estimate of drug-likeness (QED) is 0.901. The van der Waals surface area contributed by atoms with Crippen LogP contribution < -0.4 is 0 Å². The van der Waals surface area contributed by atoms with Gasteiger partial charge < -0.3 is 14.7 Å². The van der Waals surface area contributed by atoms with Gasteiger partial charge in [0.1, 0.15) is 0 Å². The van der Waals surface area contributed by atoms with Gasteiger partial charge in [-0.15, -0.1) is 0 Å². The van der Waals surface area contributed by atoms with Crippen LogP contribution in [0.2, 0.25) is 0 Å². The summed E-state index contributed by atoms with van der Waals surface area (Å²) in [7, 11) is 0. The summed E-state index contributed by atoms with van der Waals surface area (Å²) in [6.45, 7) is 2.51. The average molecular weight is 331 g/mol. The number of ether oxygens (including phenoxy) is 1. The van der Waals surface area contributed by atoms with Gasteiger partial charge in [-0.05, 0) is 55.7 Å². The maximum atomic E-state index is 12.6. The standard InChI is InChI=1S/C19H25NO4/c21-18(8-5-14-3-6-16(7-4-14)19(22)23)20-11-1-2-17(20)15-9-12-24-13-10-15/h3-4,6-7,15,17H,1-2,5,8-13H2,(H,22,23). The molecule has 0 bridgehead atoms. The number of carbonyl (C=O) groups excluding carboxylic acids is 1. The SMILES string of the molecule is O=C(O)c1ccc(CCC(=O)N2CCCC2C2CCOCC2)cc1. The van der Waals surface area contributed by atoms with Crippen LogP contribution in [0.1, 0.15) is 48.0 Å². The molecule has 24 heavy (non-hydrogen) atoms. The third kappa shape index (κ3) is 3.96. The van der Waals surface area contributed by atoms with E-state index in [4.69, 9.17) is 9.84 Å². The molecule has 2 aliphatic rings. The summed E-state index contributed by atoms with van der Waals surface area (Å²) in [5, 5.41) is 8.92. The van der Waals surface area contributed by atoms with E-state index in [-0.39, 0.29) is 11.5 Å². The van der Waals surface area contributed by atoms with Crippen LogP contribution in [0.15, 0.2) is 24.3 Å². The van der Waals surface area contributed by atoms with E-state index in [9.17, 15) is 9.59 Å². The molecule has 5 nitrogen and oxygen atoms in total. The van der Waals surface area contributed by atoms with Crippen LogP contribution in [-0.2, 0) is 16.0 Å². The first-order valence-electron chi connectivity index (χ1n) is 8.84. The molecule has 1 N–H and O–H groups in total. The zero-order valence-corrected chi connectivity index (χ0v) is 13.9. The number of nitrogens with zero attached hydrogens (tertiary/aromatic N) is 1.